The standard InChI is InChI=1S/C11H17BrClN3/c1-3-10(4-2)16(6-5-12)11-14-7-9(13)8-15-11/h7-8,10H,3-6H2,1-2H3. The third-order valence-corrected chi connectivity index (χ3v) is 3.12. The maximum absolute atomic E-state index is 5.79. The molecule has 0 aliphatic carbocycles. The van der Waals surface area contributed by atoms with E-state index in [2.05, 4.69) is 44.6 Å². The third-order valence-electron chi connectivity index (χ3n) is 2.57. The third kappa shape index (κ3) is 3.59. The number of rotatable bonds is 6. The average molecular weight is 307 g/mol. The van der Waals surface area contributed by atoms with E-state index in [9.17, 15) is 0 Å². The fourth-order valence-corrected chi connectivity index (χ4v) is 2.20. The Kier molecular flexibility index (Phi) is 6.06. The highest BCUT2D eigenvalue weighted by Crippen LogP contribution is 2.17. The quantitative estimate of drug-likeness (QED) is 0.753. The second-order valence-electron chi connectivity index (χ2n) is 3.55. The summed E-state index contributed by atoms with van der Waals surface area (Å²) in [7, 11) is 0. The lowest BCUT2D eigenvalue weighted by Gasteiger charge is -2.29. The van der Waals surface area contributed by atoms with Crippen LogP contribution < -0.4 is 4.90 Å². The zero-order valence-corrected chi connectivity index (χ0v) is 12.0. The van der Waals surface area contributed by atoms with Crippen molar-refractivity contribution in [3.63, 3.8) is 0 Å². The maximum atomic E-state index is 5.79. The van der Waals surface area contributed by atoms with Gasteiger partial charge in [-0.3, -0.25) is 0 Å². The lowest BCUT2D eigenvalue weighted by atomic mass is 10.1. The van der Waals surface area contributed by atoms with E-state index in [-0.39, 0.29) is 0 Å². The molecule has 0 saturated heterocycles. The van der Waals surface area contributed by atoms with E-state index in [1.165, 1.54) is 0 Å². The summed E-state index contributed by atoms with van der Waals surface area (Å²) in [6, 6.07) is 0.485. The Labute approximate surface area is 110 Å². The van der Waals surface area contributed by atoms with E-state index in [0.29, 0.717) is 11.1 Å². The smallest absolute Gasteiger partial charge is 0.225 e. The van der Waals surface area contributed by atoms with Crippen molar-refractivity contribution in [3.8, 4) is 0 Å². The Morgan fingerprint density at radius 1 is 1.31 bits per heavy atom. The van der Waals surface area contributed by atoms with Gasteiger partial charge in [0.15, 0.2) is 0 Å². The van der Waals surface area contributed by atoms with E-state index in [1.54, 1.807) is 12.4 Å². The Bertz CT molecular complexity index is 301. The molecule has 0 unspecified atom stereocenters. The molecule has 1 aromatic heterocycles. The highest BCUT2D eigenvalue weighted by Gasteiger charge is 2.17. The molecule has 0 aliphatic rings. The summed E-state index contributed by atoms with van der Waals surface area (Å²) in [5, 5.41) is 1.49. The van der Waals surface area contributed by atoms with Crippen molar-refractivity contribution in [2.45, 2.75) is 32.7 Å². The minimum atomic E-state index is 0.485. The van der Waals surface area contributed by atoms with Gasteiger partial charge in [0.05, 0.1) is 17.4 Å². The largest absolute Gasteiger partial charge is 0.337 e. The van der Waals surface area contributed by atoms with E-state index >= 15 is 0 Å². The summed E-state index contributed by atoms with van der Waals surface area (Å²) < 4.78 is 0. The van der Waals surface area contributed by atoms with Gasteiger partial charge in [0.25, 0.3) is 0 Å². The van der Waals surface area contributed by atoms with Crippen LogP contribution in [0.1, 0.15) is 26.7 Å². The van der Waals surface area contributed by atoms with Crippen LogP contribution in [0.4, 0.5) is 5.95 Å². The van der Waals surface area contributed by atoms with Crippen LogP contribution in [-0.2, 0) is 0 Å². The molecular weight excluding hydrogens is 289 g/mol. The molecule has 1 heterocycles. The topological polar surface area (TPSA) is 29.0 Å². The van der Waals surface area contributed by atoms with Gasteiger partial charge in [-0.25, -0.2) is 9.97 Å². The predicted molar refractivity (Wildman–Crippen MR) is 72.6 cm³/mol. The maximum Gasteiger partial charge on any atom is 0.225 e. The fourth-order valence-electron chi connectivity index (χ4n) is 1.72. The van der Waals surface area contributed by atoms with Gasteiger partial charge < -0.3 is 4.90 Å². The van der Waals surface area contributed by atoms with Crippen molar-refractivity contribution in [1.82, 2.24) is 9.97 Å². The van der Waals surface area contributed by atoms with Crippen molar-refractivity contribution in [2.24, 2.45) is 0 Å². The van der Waals surface area contributed by atoms with Crippen LogP contribution in [0.15, 0.2) is 12.4 Å². The summed E-state index contributed by atoms with van der Waals surface area (Å²) in [4.78, 5) is 10.8. The molecule has 90 valence electrons. The van der Waals surface area contributed by atoms with Crippen molar-refractivity contribution in [3.05, 3.63) is 17.4 Å². The van der Waals surface area contributed by atoms with Crippen molar-refractivity contribution >= 4 is 33.5 Å². The first-order valence-corrected chi connectivity index (χ1v) is 7.03. The molecule has 0 saturated carbocycles. The lowest BCUT2D eigenvalue weighted by molar-refractivity contribution is 0.558. The van der Waals surface area contributed by atoms with Gasteiger partial charge in [-0.2, -0.15) is 0 Å². The van der Waals surface area contributed by atoms with Gasteiger partial charge in [-0.05, 0) is 12.8 Å². The molecule has 16 heavy (non-hydrogen) atoms. The van der Waals surface area contributed by atoms with Crippen LogP contribution in [-0.4, -0.2) is 27.9 Å². The monoisotopic (exact) mass is 305 g/mol. The van der Waals surface area contributed by atoms with E-state index in [4.69, 9.17) is 11.6 Å². The van der Waals surface area contributed by atoms with Gasteiger partial charge in [-0.15, -0.1) is 0 Å². The molecule has 0 amide bonds. The first kappa shape index (κ1) is 13.7. The van der Waals surface area contributed by atoms with E-state index in [1.807, 2.05) is 0 Å². The average Bonchev–Trinajstić information content (AvgIpc) is 2.31. The Morgan fingerprint density at radius 3 is 2.31 bits per heavy atom. The molecule has 0 fully saturated rings. The van der Waals surface area contributed by atoms with Gasteiger partial charge in [0.1, 0.15) is 0 Å². The highest BCUT2D eigenvalue weighted by molar-refractivity contribution is 9.09. The van der Waals surface area contributed by atoms with Crippen molar-refractivity contribution in [2.75, 3.05) is 16.8 Å². The van der Waals surface area contributed by atoms with Crippen LogP contribution in [0.2, 0.25) is 5.02 Å². The highest BCUT2D eigenvalue weighted by atomic mass is 79.9. The number of hydrogen-bond donors (Lipinski definition) is 0. The molecule has 0 bridgehead atoms. The molecule has 5 heteroatoms. The molecule has 0 atom stereocenters. The molecule has 3 nitrogen and oxygen atoms in total. The number of alkyl halides is 1. The first-order chi connectivity index (χ1) is 7.72. The molecule has 1 rings (SSSR count). The molecular formula is C11H17BrClN3. The van der Waals surface area contributed by atoms with E-state index < -0.39 is 0 Å². The second kappa shape index (κ2) is 7.07. The van der Waals surface area contributed by atoms with Gasteiger partial charge in [-0.1, -0.05) is 41.4 Å². The molecule has 0 N–H and O–H groups in total. The number of halogens is 2. The molecule has 0 spiro atoms. The van der Waals surface area contributed by atoms with Crippen molar-refractivity contribution < 1.29 is 0 Å². The first-order valence-electron chi connectivity index (χ1n) is 5.53. The zero-order valence-electron chi connectivity index (χ0n) is 9.66. The number of nitrogens with zero attached hydrogens (tertiary/aromatic N) is 3. The SMILES string of the molecule is CCC(CC)N(CCBr)c1ncc(Cl)cn1. The summed E-state index contributed by atoms with van der Waals surface area (Å²) in [5.74, 6) is 0.762. The molecule has 0 radical (unpaired) electrons. The van der Waals surface area contributed by atoms with Crippen molar-refractivity contribution in [1.29, 1.82) is 0 Å². The summed E-state index contributed by atoms with van der Waals surface area (Å²) >= 11 is 9.25. The summed E-state index contributed by atoms with van der Waals surface area (Å²) in [6.45, 7) is 5.28. The van der Waals surface area contributed by atoms with Gasteiger partial charge in [0, 0.05) is 17.9 Å². The number of hydrogen-bond acceptors (Lipinski definition) is 3. The number of anilines is 1. The van der Waals surface area contributed by atoms with Crippen LogP contribution in [0, 0.1) is 0 Å². The van der Waals surface area contributed by atoms with Crippen LogP contribution in [0.3, 0.4) is 0 Å². The van der Waals surface area contributed by atoms with Crippen LogP contribution in [0.5, 0.6) is 0 Å². The molecule has 0 aliphatic heterocycles. The normalized spacial score (nSPS) is 10.8. The lowest BCUT2D eigenvalue weighted by Crippen LogP contribution is -2.37. The minimum Gasteiger partial charge on any atom is -0.337 e. The van der Waals surface area contributed by atoms with E-state index in [0.717, 1.165) is 30.7 Å². The Balaban J connectivity index is 2.87. The molecule has 0 aromatic carbocycles. The minimum absolute atomic E-state index is 0.485. The zero-order chi connectivity index (χ0) is 12.0. The molecule has 1 aromatic rings. The second-order valence-corrected chi connectivity index (χ2v) is 4.78. The Morgan fingerprint density at radius 2 is 1.88 bits per heavy atom. The number of aromatic nitrogens is 2. The summed E-state index contributed by atoms with van der Waals surface area (Å²) in [5.41, 5.74) is 0. The van der Waals surface area contributed by atoms with Crippen LogP contribution >= 0.6 is 27.5 Å². The van der Waals surface area contributed by atoms with Gasteiger partial charge >= 0.3 is 0 Å². The fraction of sp³-hybridized carbons (Fsp3) is 0.636. The Hall–Kier alpha value is -0.350. The van der Waals surface area contributed by atoms with Gasteiger partial charge in [0.2, 0.25) is 5.95 Å². The van der Waals surface area contributed by atoms with Crippen LogP contribution in [0.25, 0.3) is 0 Å². The predicted octanol–water partition coefficient (Wildman–Crippen LogP) is 3.52. The summed E-state index contributed by atoms with van der Waals surface area (Å²) in [6.07, 6.45) is 5.48.